The van der Waals surface area contributed by atoms with E-state index < -0.39 is 23.8 Å². The van der Waals surface area contributed by atoms with E-state index in [1.54, 1.807) is 67.6 Å². The summed E-state index contributed by atoms with van der Waals surface area (Å²) in [5, 5.41) is 5.03. The van der Waals surface area contributed by atoms with Crippen molar-refractivity contribution in [1.82, 2.24) is 0 Å². The van der Waals surface area contributed by atoms with Crippen LogP contribution in [-0.2, 0) is 4.79 Å². The van der Waals surface area contributed by atoms with Gasteiger partial charge in [0, 0.05) is 27.2 Å². The Hall–Kier alpha value is -3.87. The van der Waals surface area contributed by atoms with Gasteiger partial charge in [-0.15, -0.1) is 0 Å². The van der Waals surface area contributed by atoms with Crippen LogP contribution in [0.5, 0.6) is 5.75 Å². The van der Waals surface area contributed by atoms with Gasteiger partial charge in [0.15, 0.2) is 6.10 Å². The topological polar surface area (TPSA) is 75.7 Å². The molecule has 174 valence electrons. The Bertz CT molecular complexity index is 1450. The summed E-state index contributed by atoms with van der Waals surface area (Å²) in [7, 11) is 0. The van der Waals surface area contributed by atoms with Crippen LogP contribution in [0, 0.1) is 0 Å². The Kier molecular flexibility index (Phi) is 5.93. The monoisotopic (exact) mass is 504 g/mol. The van der Waals surface area contributed by atoms with Gasteiger partial charge in [-0.25, -0.2) is 4.90 Å². The van der Waals surface area contributed by atoms with Crippen molar-refractivity contribution in [2.45, 2.75) is 13.0 Å². The lowest BCUT2D eigenvalue weighted by Crippen LogP contribution is -2.40. The Labute approximate surface area is 211 Å². The van der Waals surface area contributed by atoms with Gasteiger partial charge in [0.25, 0.3) is 17.7 Å². The van der Waals surface area contributed by atoms with Crippen molar-refractivity contribution in [1.29, 1.82) is 0 Å². The van der Waals surface area contributed by atoms with Gasteiger partial charge in [-0.2, -0.15) is 0 Å². The molecule has 1 unspecified atom stereocenters. The molecule has 4 aromatic carbocycles. The van der Waals surface area contributed by atoms with E-state index in [0.29, 0.717) is 43.7 Å². The van der Waals surface area contributed by atoms with Crippen LogP contribution in [0.1, 0.15) is 27.6 Å². The van der Waals surface area contributed by atoms with Crippen LogP contribution in [0.2, 0.25) is 10.0 Å². The van der Waals surface area contributed by atoms with Crippen molar-refractivity contribution in [2.24, 2.45) is 0 Å². The predicted octanol–water partition coefficient (Wildman–Crippen LogP) is 6.35. The number of hydrogen-bond donors (Lipinski definition) is 1. The number of imide groups is 1. The molecular formula is C27H18Cl2N2O4. The van der Waals surface area contributed by atoms with Crippen LogP contribution in [0.15, 0.2) is 78.9 Å². The molecule has 0 aromatic heterocycles. The van der Waals surface area contributed by atoms with Gasteiger partial charge in [0.2, 0.25) is 0 Å². The van der Waals surface area contributed by atoms with E-state index in [1.165, 1.54) is 6.07 Å². The highest BCUT2D eigenvalue weighted by Crippen LogP contribution is 2.33. The first-order valence-electron chi connectivity index (χ1n) is 10.8. The molecule has 0 bridgehead atoms. The Balaban J connectivity index is 1.33. The van der Waals surface area contributed by atoms with Gasteiger partial charge in [-0.3, -0.25) is 14.4 Å². The molecule has 0 fully saturated rings. The molecule has 5 rings (SSSR count). The highest BCUT2D eigenvalue weighted by atomic mass is 35.5. The molecule has 4 aromatic rings. The maximum Gasteiger partial charge on any atom is 0.265 e. The first-order chi connectivity index (χ1) is 16.8. The van der Waals surface area contributed by atoms with Crippen molar-refractivity contribution >= 4 is 63.1 Å². The number of anilines is 2. The molecule has 8 heteroatoms. The first-order valence-corrected chi connectivity index (χ1v) is 11.5. The molecule has 0 aliphatic carbocycles. The molecule has 0 saturated carbocycles. The average molecular weight is 505 g/mol. The SMILES string of the molecule is CC(Oc1ccc(Cl)cc1Cl)C(=O)Nc1ccc(N2C(=O)c3cccc4cccc(c34)C2=O)cc1. The average Bonchev–Trinajstić information content (AvgIpc) is 2.85. The minimum Gasteiger partial charge on any atom is -0.479 e. The highest BCUT2D eigenvalue weighted by molar-refractivity contribution is 6.36. The van der Waals surface area contributed by atoms with Crippen molar-refractivity contribution in [2.75, 3.05) is 10.2 Å². The molecule has 0 spiro atoms. The van der Waals surface area contributed by atoms with Crippen molar-refractivity contribution in [3.63, 3.8) is 0 Å². The van der Waals surface area contributed by atoms with Crippen LogP contribution >= 0.6 is 23.2 Å². The van der Waals surface area contributed by atoms with Crippen molar-refractivity contribution in [3.05, 3.63) is 100 Å². The molecule has 0 saturated heterocycles. The molecule has 0 radical (unpaired) electrons. The summed E-state index contributed by atoms with van der Waals surface area (Å²) in [4.78, 5) is 40.1. The molecule has 3 amide bonds. The van der Waals surface area contributed by atoms with Gasteiger partial charge in [0.1, 0.15) is 5.75 Å². The molecule has 1 aliphatic heterocycles. The molecule has 1 atom stereocenters. The number of benzene rings is 4. The number of carbonyl (C=O) groups excluding carboxylic acids is 3. The summed E-state index contributed by atoms with van der Waals surface area (Å²) in [6.07, 6.45) is -0.837. The number of amides is 3. The van der Waals surface area contributed by atoms with Gasteiger partial charge in [-0.1, -0.05) is 47.5 Å². The summed E-state index contributed by atoms with van der Waals surface area (Å²) in [6, 6.07) is 22.0. The third-order valence-corrected chi connectivity index (χ3v) is 6.26. The number of nitrogens with one attached hydrogen (secondary N) is 1. The zero-order valence-electron chi connectivity index (χ0n) is 18.4. The van der Waals surface area contributed by atoms with Crippen LogP contribution in [0.3, 0.4) is 0 Å². The standard InChI is InChI=1S/C27H18Cl2N2O4/c1-15(35-23-13-8-17(28)14-22(23)29)25(32)30-18-9-11-19(12-10-18)31-26(33)20-6-2-4-16-5-3-7-21(24(16)20)27(31)34/h2-15H,1H3,(H,30,32). The zero-order chi connectivity index (χ0) is 24.7. The second-order valence-corrected chi connectivity index (χ2v) is 8.87. The third kappa shape index (κ3) is 4.22. The molecule has 1 heterocycles. The summed E-state index contributed by atoms with van der Waals surface area (Å²) in [5.74, 6) is -0.836. The Morgan fingerprint density at radius 3 is 2.11 bits per heavy atom. The van der Waals surface area contributed by atoms with E-state index >= 15 is 0 Å². The predicted molar refractivity (Wildman–Crippen MR) is 137 cm³/mol. The smallest absolute Gasteiger partial charge is 0.265 e. The zero-order valence-corrected chi connectivity index (χ0v) is 19.9. The van der Waals surface area contributed by atoms with Crippen molar-refractivity contribution < 1.29 is 19.1 Å². The fourth-order valence-electron chi connectivity index (χ4n) is 4.02. The van der Waals surface area contributed by atoms with E-state index in [2.05, 4.69) is 5.32 Å². The number of rotatable bonds is 5. The van der Waals surface area contributed by atoms with Gasteiger partial charge in [0.05, 0.1) is 10.7 Å². The van der Waals surface area contributed by atoms with Crippen LogP contribution in [-0.4, -0.2) is 23.8 Å². The fourth-order valence-corrected chi connectivity index (χ4v) is 4.47. The molecule has 35 heavy (non-hydrogen) atoms. The normalized spacial score (nSPS) is 13.6. The number of carbonyl (C=O) groups is 3. The maximum absolute atomic E-state index is 13.2. The van der Waals surface area contributed by atoms with Crippen LogP contribution in [0.4, 0.5) is 11.4 Å². The minimum absolute atomic E-state index is 0.301. The summed E-state index contributed by atoms with van der Waals surface area (Å²) in [5.41, 5.74) is 1.83. The Morgan fingerprint density at radius 2 is 1.51 bits per heavy atom. The van der Waals surface area contributed by atoms with Gasteiger partial charge in [-0.05, 0) is 66.9 Å². The van der Waals surface area contributed by atoms with E-state index in [-0.39, 0.29) is 0 Å². The highest BCUT2D eigenvalue weighted by Gasteiger charge is 2.33. The molecule has 6 nitrogen and oxygen atoms in total. The fraction of sp³-hybridized carbons (Fsp3) is 0.0741. The first kappa shape index (κ1) is 22.9. The van der Waals surface area contributed by atoms with Crippen LogP contribution in [0.25, 0.3) is 10.8 Å². The quantitative estimate of drug-likeness (QED) is 0.321. The minimum atomic E-state index is -0.837. The second-order valence-electron chi connectivity index (χ2n) is 8.03. The third-order valence-electron chi connectivity index (χ3n) is 5.73. The Morgan fingerprint density at radius 1 is 0.886 bits per heavy atom. The molecular weight excluding hydrogens is 487 g/mol. The summed E-state index contributed by atoms with van der Waals surface area (Å²) in [6.45, 7) is 1.59. The number of hydrogen-bond acceptors (Lipinski definition) is 4. The largest absolute Gasteiger partial charge is 0.479 e. The van der Waals surface area contributed by atoms with E-state index in [9.17, 15) is 14.4 Å². The lowest BCUT2D eigenvalue weighted by molar-refractivity contribution is -0.122. The van der Waals surface area contributed by atoms with Crippen molar-refractivity contribution in [3.8, 4) is 5.75 Å². The molecule has 1 N–H and O–H groups in total. The lowest BCUT2D eigenvalue weighted by Gasteiger charge is -2.27. The second kappa shape index (κ2) is 9.06. The lowest BCUT2D eigenvalue weighted by atomic mass is 9.94. The van der Waals surface area contributed by atoms with E-state index in [4.69, 9.17) is 27.9 Å². The summed E-state index contributed by atoms with van der Waals surface area (Å²) < 4.78 is 5.64. The van der Waals surface area contributed by atoms with Gasteiger partial charge < -0.3 is 10.1 Å². The number of halogens is 2. The molecule has 1 aliphatic rings. The van der Waals surface area contributed by atoms with E-state index in [1.807, 2.05) is 12.1 Å². The number of nitrogens with zero attached hydrogens (tertiary/aromatic N) is 1. The summed E-state index contributed by atoms with van der Waals surface area (Å²) >= 11 is 12.0. The number of ether oxygens (including phenoxy) is 1. The van der Waals surface area contributed by atoms with Gasteiger partial charge >= 0.3 is 0 Å². The van der Waals surface area contributed by atoms with E-state index in [0.717, 1.165) is 10.3 Å². The van der Waals surface area contributed by atoms with Crippen LogP contribution < -0.4 is 15.0 Å². The maximum atomic E-state index is 13.2.